The van der Waals surface area contributed by atoms with E-state index in [4.69, 9.17) is 55.3 Å². The highest BCUT2D eigenvalue weighted by atomic mass is 79.9. The van der Waals surface area contributed by atoms with Crippen molar-refractivity contribution in [2.45, 2.75) is 78.8 Å². The molecule has 78 heavy (non-hydrogen) atoms. The first-order valence-corrected chi connectivity index (χ1v) is 26.5. The SMILES string of the molecule is CC(C)(C)OC(=O)N1CC2COCC(C1)C2Oc1ncnc2c(Br)c[nH]c12.Cc1ccc(-c2c[nH]c3c(OC4C5COCC4CN(C(=O)OC(C)(C)C)C5)ncnc23)c(F)c1.Cc1ccc(B(O)O)c(F)c1.O=S=O.O=S=O. The van der Waals surface area contributed by atoms with Crippen molar-refractivity contribution in [3.8, 4) is 22.9 Å². The number of amides is 2. The minimum absolute atomic E-state index is 0.0194. The van der Waals surface area contributed by atoms with Crippen LogP contribution >= 0.6 is 15.9 Å². The van der Waals surface area contributed by atoms with E-state index in [-0.39, 0.29) is 59.3 Å². The lowest BCUT2D eigenvalue weighted by atomic mass is 9.79. The minimum atomic E-state index is -1.73. The summed E-state index contributed by atoms with van der Waals surface area (Å²) in [5.41, 5.74) is 4.35. The van der Waals surface area contributed by atoms with Crippen LogP contribution in [0.4, 0.5) is 18.4 Å². The van der Waals surface area contributed by atoms with Gasteiger partial charge < -0.3 is 58.2 Å². The quantitative estimate of drug-likeness (QED) is 0.144. The number of nitrogens with one attached hydrogen (secondary N) is 2. The van der Waals surface area contributed by atoms with E-state index >= 15 is 0 Å². The van der Waals surface area contributed by atoms with Crippen LogP contribution in [-0.4, -0.2) is 162 Å². The van der Waals surface area contributed by atoms with Crippen LogP contribution < -0.4 is 14.9 Å². The van der Waals surface area contributed by atoms with Crippen LogP contribution in [0.5, 0.6) is 11.8 Å². The third kappa shape index (κ3) is 15.9. The molecule has 2 amide bonds. The van der Waals surface area contributed by atoms with E-state index in [9.17, 15) is 18.4 Å². The van der Waals surface area contributed by atoms with E-state index in [1.54, 1.807) is 35.1 Å². The maximum atomic E-state index is 14.6. The average molecular weight is 1190 g/mol. The number of ether oxygens (including phenoxy) is 6. The number of piperidine rings is 2. The number of aromatic amines is 2. The number of hydrogen-bond acceptors (Lipinski definition) is 18. The highest BCUT2D eigenvalue weighted by Crippen LogP contribution is 2.38. The Bertz CT molecular complexity index is 3080. The molecule has 2 aromatic carbocycles. The van der Waals surface area contributed by atoms with Gasteiger partial charge in [0.2, 0.25) is 11.8 Å². The normalized spacial score (nSPS) is 20.4. The molecular formula is C50H60BBrF2N8O14S2. The standard InChI is InChI=1S/C25H29FN4O4.C18H23BrN4O4.C7H8BFO2.2O2S/c1-14-5-6-17(19(26)7-14)18-8-27-21-20(18)28-13-29-23(21)33-22-15-9-30(10-16(22)12-32-11-15)24(31)34-25(2,3)4;1-18(2,3)27-17(24)23-5-10-7-25-8-11(6-23)15(10)26-16-14-13(21-9-22-16)12(19)4-20-14;1-5-2-3-6(8(10)11)7(9)4-5;2*1-3-2/h5-8,13,15-16,22,27H,9-12H2,1-4H3;4,9-11,15,20H,5-8H2,1-3H3;2-4,10-11H,1H3;;. The number of halogens is 3. The molecule has 4 bridgehead atoms. The Labute approximate surface area is 463 Å². The molecule has 0 radical (unpaired) electrons. The number of aromatic nitrogens is 6. The van der Waals surface area contributed by atoms with Gasteiger partial charge >= 0.3 is 42.4 Å². The fraction of sp³-hybridized carbons (Fsp3) is 0.480. The predicted octanol–water partition coefficient (Wildman–Crippen LogP) is 5.79. The third-order valence-corrected chi connectivity index (χ3v) is 13.1. The van der Waals surface area contributed by atoms with Gasteiger partial charge in [-0.05, 0) is 94.6 Å². The van der Waals surface area contributed by atoms with Crippen LogP contribution in [0.25, 0.3) is 33.2 Å². The maximum absolute atomic E-state index is 14.6. The Hall–Kier alpha value is -6.30. The zero-order chi connectivity index (χ0) is 57.1. The molecule has 4 N–H and O–H groups in total. The van der Waals surface area contributed by atoms with Crippen molar-refractivity contribution in [2.24, 2.45) is 23.7 Å². The molecule has 6 aromatic rings. The summed E-state index contributed by atoms with van der Waals surface area (Å²) >= 11 is 1.97. The number of rotatable bonds is 6. The highest BCUT2D eigenvalue weighted by molar-refractivity contribution is 9.10. The zero-order valence-corrected chi connectivity index (χ0v) is 47.1. The smallest absolute Gasteiger partial charge is 0.472 e. The Morgan fingerprint density at radius 3 is 1.49 bits per heavy atom. The van der Waals surface area contributed by atoms with Gasteiger partial charge in [-0.1, -0.05) is 24.3 Å². The van der Waals surface area contributed by atoms with Crippen LogP contribution in [0, 0.1) is 49.2 Å². The minimum Gasteiger partial charge on any atom is -0.472 e. The molecule has 4 unspecified atom stereocenters. The first kappa shape index (κ1) is 60.9. The molecule has 0 spiro atoms. The lowest BCUT2D eigenvalue weighted by Crippen LogP contribution is -2.59. The average Bonchev–Trinajstić information content (AvgIpc) is 3.97. The monoisotopic (exact) mass is 1190 g/mol. The number of nitrogens with zero attached hydrogens (tertiary/aromatic N) is 6. The van der Waals surface area contributed by atoms with Crippen molar-refractivity contribution in [2.75, 3.05) is 52.6 Å². The number of carbonyl (C=O) groups excluding carboxylic acids is 2. The number of H-pyrrole nitrogens is 2. The van der Waals surface area contributed by atoms with Crippen LogP contribution in [0.1, 0.15) is 52.7 Å². The fourth-order valence-electron chi connectivity index (χ4n) is 9.26. The molecular weight excluding hydrogens is 1130 g/mol. The Kier molecular flexibility index (Phi) is 21.1. The van der Waals surface area contributed by atoms with E-state index < -0.39 is 47.3 Å². The molecule has 4 aliphatic heterocycles. The Morgan fingerprint density at radius 2 is 1.06 bits per heavy atom. The van der Waals surface area contributed by atoms with Crippen molar-refractivity contribution in [3.05, 3.63) is 88.7 Å². The molecule has 4 aromatic heterocycles. The van der Waals surface area contributed by atoms with Gasteiger partial charge in [-0.15, -0.1) is 0 Å². The predicted molar refractivity (Wildman–Crippen MR) is 284 cm³/mol. The summed E-state index contributed by atoms with van der Waals surface area (Å²) in [5, 5.41) is 17.2. The molecule has 4 aliphatic rings. The lowest BCUT2D eigenvalue weighted by molar-refractivity contribution is -0.113. The van der Waals surface area contributed by atoms with Gasteiger partial charge in [0.1, 0.15) is 69.8 Å². The Balaban J connectivity index is 0.000000198. The van der Waals surface area contributed by atoms with Gasteiger partial charge in [0.15, 0.2) is 0 Å². The molecule has 0 aliphatic carbocycles. The van der Waals surface area contributed by atoms with Crippen molar-refractivity contribution < 1.29 is 73.7 Å². The summed E-state index contributed by atoms with van der Waals surface area (Å²) in [4.78, 5) is 52.3. The molecule has 4 saturated heterocycles. The van der Waals surface area contributed by atoms with Crippen LogP contribution in [-0.2, 0) is 42.1 Å². The molecule has 4 fully saturated rings. The largest absolute Gasteiger partial charge is 0.491 e. The van der Waals surface area contributed by atoms with Crippen molar-refractivity contribution in [1.29, 1.82) is 0 Å². The number of hydrogen-bond donors (Lipinski definition) is 4. The van der Waals surface area contributed by atoms with E-state index in [1.807, 2.05) is 60.7 Å². The second kappa shape index (κ2) is 27.0. The van der Waals surface area contributed by atoms with Gasteiger partial charge in [-0.25, -0.2) is 28.3 Å². The second-order valence-corrected chi connectivity index (χ2v) is 21.8. The number of carbonyl (C=O) groups is 2. The summed E-state index contributed by atoms with van der Waals surface area (Å²) in [7, 11) is -1.73. The highest BCUT2D eigenvalue weighted by Gasteiger charge is 2.46. The van der Waals surface area contributed by atoms with Gasteiger partial charge in [0, 0.05) is 78.8 Å². The van der Waals surface area contributed by atoms with Crippen LogP contribution in [0.3, 0.4) is 0 Å². The van der Waals surface area contributed by atoms with Gasteiger partial charge in [-0.3, -0.25) is 0 Å². The topological polar surface area (TPSA) is 288 Å². The Morgan fingerprint density at radius 1 is 0.654 bits per heavy atom. The lowest BCUT2D eigenvalue weighted by Gasteiger charge is -2.46. The van der Waals surface area contributed by atoms with E-state index in [2.05, 4.69) is 45.8 Å². The summed E-state index contributed by atoms with van der Waals surface area (Å²) in [6, 6.07) is 9.37. The van der Waals surface area contributed by atoms with Crippen molar-refractivity contribution >= 4 is 85.9 Å². The third-order valence-electron chi connectivity index (χ3n) is 12.5. The second-order valence-electron chi connectivity index (χ2n) is 20.7. The zero-order valence-electron chi connectivity index (χ0n) is 43.9. The van der Waals surface area contributed by atoms with E-state index in [1.165, 1.54) is 30.9 Å². The fourth-order valence-corrected chi connectivity index (χ4v) is 9.67. The number of fused-ring (bicyclic) bond motifs is 6. The van der Waals surface area contributed by atoms with Crippen molar-refractivity contribution in [1.82, 2.24) is 39.7 Å². The first-order chi connectivity index (χ1) is 36.9. The van der Waals surface area contributed by atoms with Crippen LogP contribution in [0.2, 0.25) is 0 Å². The molecule has 4 atom stereocenters. The molecule has 10 rings (SSSR count). The number of aryl methyl sites for hydroxylation is 2. The molecule has 8 heterocycles. The molecule has 22 nitrogen and oxygen atoms in total. The maximum Gasteiger partial charge on any atom is 0.491 e. The first-order valence-electron chi connectivity index (χ1n) is 24.4. The van der Waals surface area contributed by atoms with Gasteiger partial charge in [-0.2, -0.15) is 26.8 Å². The molecule has 420 valence electrons. The summed E-state index contributed by atoms with van der Waals surface area (Å²) < 4.78 is 96.8. The number of likely N-dealkylation sites (tertiary alicyclic amines) is 2. The van der Waals surface area contributed by atoms with Crippen molar-refractivity contribution in [3.63, 3.8) is 0 Å². The van der Waals surface area contributed by atoms with Crippen LogP contribution in [0.15, 0.2) is 65.9 Å². The summed E-state index contributed by atoms with van der Waals surface area (Å²) in [6.45, 7) is 18.9. The van der Waals surface area contributed by atoms with E-state index in [0.29, 0.717) is 86.5 Å². The van der Waals surface area contributed by atoms with E-state index in [0.717, 1.165) is 26.6 Å². The summed E-state index contributed by atoms with van der Waals surface area (Å²) in [6.07, 6.45) is 5.64. The van der Waals surface area contributed by atoms with Gasteiger partial charge in [0.05, 0.1) is 30.9 Å². The molecule has 0 saturated carbocycles. The van der Waals surface area contributed by atoms with Gasteiger partial charge in [0.25, 0.3) is 0 Å². The summed E-state index contributed by atoms with van der Waals surface area (Å²) in [5.74, 6) is 0.141. The number of benzene rings is 2. The molecule has 28 heteroatoms.